The zero-order valence-electron chi connectivity index (χ0n) is 14.8. The lowest BCUT2D eigenvalue weighted by Gasteiger charge is -2.16. The van der Waals surface area contributed by atoms with E-state index in [1.165, 1.54) is 6.07 Å². The Kier molecular flexibility index (Phi) is 4.75. The van der Waals surface area contributed by atoms with Crippen LogP contribution in [-0.2, 0) is 0 Å². The summed E-state index contributed by atoms with van der Waals surface area (Å²) in [5, 5.41) is 10.2. The molecule has 0 spiro atoms. The molecule has 1 saturated heterocycles. The molecular weight excluding hydrogens is 331 g/mol. The zero-order chi connectivity index (χ0) is 17.9. The number of pyridine rings is 1. The van der Waals surface area contributed by atoms with Crippen LogP contribution in [0.5, 0.6) is 5.75 Å². The maximum Gasteiger partial charge on any atom is 0.134 e. The van der Waals surface area contributed by atoms with E-state index in [1.807, 2.05) is 24.4 Å². The molecule has 0 radical (unpaired) electrons. The lowest BCUT2D eigenvalue weighted by Crippen LogP contribution is -2.23. The standard InChI is InChI=1S/C20H23FN4O/c1-26-18-6-2-4-15(21)20(18)13-10-17(23-11-13)16-5-3-7-19(25-16)24-14-8-9-22-12-14/h2-7,11,14,17,22-23H,8-10,12H2,1H3,(H,24,25)/t14-,17?/m1/s1. The van der Waals surface area contributed by atoms with Gasteiger partial charge in [-0.25, -0.2) is 9.37 Å². The molecule has 26 heavy (non-hydrogen) atoms. The number of halogens is 1. The van der Waals surface area contributed by atoms with E-state index in [0.29, 0.717) is 23.8 Å². The van der Waals surface area contributed by atoms with Crippen molar-refractivity contribution in [3.8, 4) is 5.75 Å². The number of nitrogens with one attached hydrogen (secondary N) is 3. The van der Waals surface area contributed by atoms with E-state index in [1.54, 1.807) is 19.2 Å². The van der Waals surface area contributed by atoms with Gasteiger partial charge >= 0.3 is 0 Å². The van der Waals surface area contributed by atoms with E-state index in [2.05, 4.69) is 16.0 Å². The SMILES string of the molecule is COc1cccc(F)c1C1=CNC(c2cccc(N[C@@H]3CCNC3)n2)C1. The van der Waals surface area contributed by atoms with Crippen molar-refractivity contribution in [1.82, 2.24) is 15.6 Å². The predicted molar refractivity (Wildman–Crippen MR) is 101 cm³/mol. The number of hydrogen-bond donors (Lipinski definition) is 3. The highest BCUT2D eigenvalue weighted by Gasteiger charge is 2.25. The summed E-state index contributed by atoms with van der Waals surface area (Å²) in [6, 6.07) is 11.4. The summed E-state index contributed by atoms with van der Waals surface area (Å²) in [4.78, 5) is 4.75. The molecule has 5 nitrogen and oxygen atoms in total. The molecule has 2 aliphatic rings. The topological polar surface area (TPSA) is 58.2 Å². The van der Waals surface area contributed by atoms with Crippen LogP contribution >= 0.6 is 0 Å². The van der Waals surface area contributed by atoms with Gasteiger partial charge in [-0.3, -0.25) is 0 Å². The van der Waals surface area contributed by atoms with E-state index in [4.69, 9.17) is 9.72 Å². The summed E-state index contributed by atoms with van der Waals surface area (Å²) in [6.07, 6.45) is 3.64. The van der Waals surface area contributed by atoms with Crippen molar-refractivity contribution < 1.29 is 9.13 Å². The van der Waals surface area contributed by atoms with Crippen LogP contribution in [0.2, 0.25) is 0 Å². The molecule has 6 heteroatoms. The molecule has 0 amide bonds. The van der Waals surface area contributed by atoms with E-state index in [0.717, 1.165) is 36.6 Å². The summed E-state index contributed by atoms with van der Waals surface area (Å²) in [5.74, 6) is 1.17. The molecule has 3 heterocycles. The van der Waals surface area contributed by atoms with Crippen molar-refractivity contribution in [2.75, 3.05) is 25.5 Å². The molecule has 136 valence electrons. The summed E-state index contributed by atoms with van der Waals surface area (Å²) < 4.78 is 19.7. The van der Waals surface area contributed by atoms with Crippen molar-refractivity contribution in [2.24, 2.45) is 0 Å². The lowest BCUT2D eigenvalue weighted by atomic mass is 9.99. The Balaban J connectivity index is 1.50. The second kappa shape index (κ2) is 7.33. The van der Waals surface area contributed by atoms with Gasteiger partial charge in [0.2, 0.25) is 0 Å². The third-order valence-corrected chi connectivity index (χ3v) is 4.94. The molecule has 3 N–H and O–H groups in total. The molecule has 2 aliphatic heterocycles. The molecule has 0 saturated carbocycles. The molecule has 1 fully saturated rings. The van der Waals surface area contributed by atoms with Crippen molar-refractivity contribution in [3.63, 3.8) is 0 Å². The van der Waals surface area contributed by atoms with Gasteiger partial charge in [-0.15, -0.1) is 0 Å². The summed E-state index contributed by atoms with van der Waals surface area (Å²) in [5.41, 5.74) is 2.36. The average Bonchev–Trinajstić information content (AvgIpc) is 3.33. The number of benzene rings is 1. The molecule has 0 bridgehead atoms. The number of aromatic nitrogens is 1. The molecule has 1 unspecified atom stereocenters. The first-order chi connectivity index (χ1) is 12.7. The van der Waals surface area contributed by atoms with E-state index < -0.39 is 0 Å². The monoisotopic (exact) mass is 354 g/mol. The molecule has 2 aromatic rings. The van der Waals surface area contributed by atoms with Gasteiger partial charge in [-0.05, 0) is 42.8 Å². The maximum absolute atomic E-state index is 14.3. The normalized spacial score (nSPS) is 22.0. The second-order valence-corrected chi connectivity index (χ2v) is 6.69. The Bertz CT molecular complexity index is 817. The Morgan fingerprint density at radius 3 is 2.92 bits per heavy atom. The number of methoxy groups -OCH3 is 1. The van der Waals surface area contributed by atoms with Gasteiger partial charge in [0.25, 0.3) is 0 Å². The average molecular weight is 354 g/mol. The Morgan fingerprint density at radius 2 is 2.12 bits per heavy atom. The van der Waals surface area contributed by atoms with Crippen LogP contribution in [0.4, 0.5) is 10.2 Å². The van der Waals surface area contributed by atoms with Crippen LogP contribution < -0.4 is 20.7 Å². The van der Waals surface area contributed by atoms with Gasteiger partial charge in [0.1, 0.15) is 17.4 Å². The number of nitrogens with zero attached hydrogens (tertiary/aromatic N) is 1. The van der Waals surface area contributed by atoms with Crippen LogP contribution in [0.1, 0.15) is 30.1 Å². The first-order valence-corrected chi connectivity index (χ1v) is 8.97. The third kappa shape index (κ3) is 3.37. The van der Waals surface area contributed by atoms with Gasteiger partial charge in [0.05, 0.1) is 24.4 Å². The smallest absolute Gasteiger partial charge is 0.134 e. The van der Waals surface area contributed by atoms with Gasteiger partial charge < -0.3 is 20.7 Å². The third-order valence-electron chi connectivity index (χ3n) is 4.94. The Labute approximate surface area is 152 Å². The number of rotatable bonds is 5. The van der Waals surface area contributed by atoms with Crippen molar-refractivity contribution in [2.45, 2.75) is 24.9 Å². The maximum atomic E-state index is 14.3. The highest BCUT2D eigenvalue weighted by atomic mass is 19.1. The fraction of sp³-hybridized carbons (Fsp3) is 0.350. The summed E-state index contributed by atoms with van der Waals surface area (Å²) in [7, 11) is 1.56. The van der Waals surface area contributed by atoms with Crippen molar-refractivity contribution >= 4 is 11.4 Å². The Morgan fingerprint density at radius 1 is 1.23 bits per heavy atom. The number of anilines is 1. The molecule has 0 aliphatic carbocycles. The summed E-state index contributed by atoms with van der Waals surface area (Å²) >= 11 is 0. The van der Waals surface area contributed by atoms with Crippen LogP contribution in [-0.4, -0.2) is 31.2 Å². The van der Waals surface area contributed by atoms with Crippen LogP contribution in [0.3, 0.4) is 0 Å². The highest BCUT2D eigenvalue weighted by Crippen LogP contribution is 2.37. The minimum atomic E-state index is -0.268. The van der Waals surface area contributed by atoms with Gasteiger partial charge in [-0.1, -0.05) is 12.1 Å². The van der Waals surface area contributed by atoms with E-state index >= 15 is 0 Å². The quantitative estimate of drug-likeness (QED) is 0.770. The molecule has 1 aromatic carbocycles. The van der Waals surface area contributed by atoms with Gasteiger partial charge in [0.15, 0.2) is 0 Å². The van der Waals surface area contributed by atoms with Gasteiger partial charge in [0, 0.05) is 25.2 Å². The first-order valence-electron chi connectivity index (χ1n) is 8.97. The van der Waals surface area contributed by atoms with Crippen LogP contribution in [0.15, 0.2) is 42.6 Å². The molecule has 4 rings (SSSR count). The fourth-order valence-electron chi connectivity index (χ4n) is 3.60. The lowest BCUT2D eigenvalue weighted by molar-refractivity contribution is 0.409. The van der Waals surface area contributed by atoms with E-state index in [-0.39, 0.29) is 11.9 Å². The van der Waals surface area contributed by atoms with Crippen LogP contribution in [0.25, 0.3) is 5.57 Å². The number of hydrogen-bond acceptors (Lipinski definition) is 5. The van der Waals surface area contributed by atoms with Crippen LogP contribution in [0, 0.1) is 5.82 Å². The largest absolute Gasteiger partial charge is 0.496 e. The van der Waals surface area contributed by atoms with Gasteiger partial charge in [-0.2, -0.15) is 0 Å². The Hall–Kier alpha value is -2.60. The molecule has 2 atom stereocenters. The first kappa shape index (κ1) is 16.8. The molecule has 1 aromatic heterocycles. The highest BCUT2D eigenvalue weighted by molar-refractivity contribution is 5.73. The fourth-order valence-corrected chi connectivity index (χ4v) is 3.60. The second-order valence-electron chi connectivity index (χ2n) is 6.69. The van der Waals surface area contributed by atoms with Crippen molar-refractivity contribution in [1.29, 1.82) is 0 Å². The minimum Gasteiger partial charge on any atom is -0.496 e. The van der Waals surface area contributed by atoms with E-state index in [9.17, 15) is 4.39 Å². The minimum absolute atomic E-state index is 0.0257. The van der Waals surface area contributed by atoms with Crippen molar-refractivity contribution in [3.05, 3.63) is 59.7 Å². The zero-order valence-corrected chi connectivity index (χ0v) is 14.8. The molecular formula is C20H23FN4O. The predicted octanol–water partition coefficient (Wildman–Crippen LogP) is 3.08. The number of ether oxygens (including phenoxy) is 1. The summed E-state index contributed by atoms with van der Waals surface area (Å²) in [6.45, 7) is 2.01.